The second-order valence-corrected chi connectivity index (χ2v) is 6.80. The zero-order valence-electron chi connectivity index (χ0n) is 15.1. The molecule has 7 heteroatoms. The van der Waals surface area contributed by atoms with Crippen LogP contribution in [0.3, 0.4) is 0 Å². The minimum absolute atomic E-state index is 0.0388. The van der Waals surface area contributed by atoms with Crippen LogP contribution in [-0.4, -0.2) is 40.0 Å². The van der Waals surface area contributed by atoms with Gasteiger partial charge < -0.3 is 10.6 Å². The first kappa shape index (κ1) is 19.1. The van der Waals surface area contributed by atoms with Crippen molar-refractivity contribution < 1.29 is 14.4 Å². The average molecular weight is 348 g/mol. The summed E-state index contributed by atoms with van der Waals surface area (Å²) in [5, 5.41) is 9.98. The van der Waals surface area contributed by atoms with Gasteiger partial charge in [-0.05, 0) is 32.3 Å². The molecule has 7 nitrogen and oxygen atoms in total. The van der Waals surface area contributed by atoms with Crippen molar-refractivity contribution >= 4 is 18.1 Å². The number of hydrogen-bond donors (Lipinski definition) is 2. The summed E-state index contributed by atoms with van der Waals surface area (Å²) in [7, 11) is 0. The molecule has 1 atom stereocenters. The van der Waals surface area contributed by atoms with Crippen LogP contribution in [0, 0.1) is 0 Å². The predicted molar refractivity (Wildman–Crippen MR) is 94.5 cm³/mol. The van der Waals surface area contributed by atoms with E-state index < -0.39 is 0 Å². The van der Waals surface area contributed by atoms with E-state index in [-0.39, 0.29) is 41.8 Å². The molecule has 138 valence electrons. The summed E-state index contributed by atoms with van der Waals surface area (Å²) in [4.78, 5) is 35.6. The van der Waals surface area contributed by atoms with Crippen molar-refractivity contribution in [3.63, 3.8) is 0 Å². The van der Waals surface area contributed by atoms with Crippen molar-refractivity contribution in [2.24, 2.45) is 0 Å². The number of nitrogens with one attached hydrogen (secondary N) is 2. The van der Waals surface area contributed by atoms with Crippen molar-refractivity contribution in [2.45, 2.75) is 77.4 Å². The van der Waals surface area contributed by atoms with Gasteiger partial charge in [-0.1, -0.05) is 32.6 Å². The van der Waals surface area contributed by atoms with Gasteiger partial charge in [-0.3, -0.25) is 19.1 Å². The first-order valence-electron chi connectivity index (χ1n) is 9.16. The SMILES string of the molecule is CCCC(C)NC(=O)c1cc(C=O)n(CC(=O)NC2CCCCC2)n1. The van der Waals surface area contributed by atoms with Crippen molar-refractivity contribution in [2.75, 3.05) is 0 Å². The molecule has 1 heterocycles. The van der Waals surface area contributed by atoms with Crippen molar-refractivity contribution in [1.29, 1.82) is 0 Å². The van der Waals surface area contributed by atoms with E-state index in [1.54, 1.807) is 0 Å². The van der Waals surface area contributed by atoms with Gasteiger partial charge in [0, 0.05) is 12.1 Å². The highest BCUT2D eigenvalue weighted by Gasteiger charge is 2.19. The van der Waals surface area contributed by atoms with Crippen LogP contribution in [0.4, 0.5) is 0 Å². The fourth-order valence-corrected chi connectivity index (χ4v) is 3.22. The van der Waals surface area contributed by atoms with E-state index >= 15 is 0 Å². The first-order chi connectivity index (χ1) is 12.0. The molecule has 1 unspecified atom stereocenters. The molecule has 25 heavy (non-hydrogen) atoms. The van der Waals surface area contributed by atoms with Crippen LogP contribution in [0.2, 0.25) is 0 Å². The van der Waals surface area contributed by atoms with Crippen LogP contribution in [0.15, 0.2) is 6.07 Å². The summed E-state index contributed by atoms with van der Waals surface area (Å²) < 4.78 is 1.30. The Hall–Kier alpha value is -2.18. The molecule has 1 aliphatic carbocycles. The monoisotopic (exact) mass is 348 g/mol. The number of aldehydes is 1. The second-order valence-electron chi connectivity index (χ2n) is 6.80. The quantitative estimate of drug-likeness (QED) is 0.703. The van der Waals surface area contributed by atoms with Gasteiger partial charge >= 0.3 is 0 Å². The highest BCUT2D eigenvalue weighted by Crippen LogP contribution is 2.17. The maximum Gasteiger partial charge on any atom is 0.272 e. The normalized spacial score (nSPS) is 16.2. The van der Waals surface area contributed by atoms with Crippen LogP contribution in [-0.2, 0) is 11.3 Å². The summed E-state index contributed by atoms with van der Waals surface area (Å²) in [5.41, 5.74) is 0.391. The molecule has 0 saturated heterocycles. The molecule has 2 N–H and O–H groups in total. The van der Waals surface area contributed by atoms with Crippen LogP contribution < -0.4 is 10.6 Å². The lowest BCUT2D eigenvalue weighted by molar-refractivity contribution is -0.122. The van der Waals surface area contributed by atoms with Crippen LogP contribution in [0.5, 0.6) is 0 Å². The smallest absolute Gasteiger partial charge is 0.272 e. The van der Waals surface area contributed by atoms with E-state index in [9.17, 15) is 14.4 Å². The summed E-state index contributed by atoms with van der Waals surface area (Å²) in [6.45, 7) is 3.92. The molecule has 2 rings (SSSR count). The topological polar surface area (TPSA) is 93.1 Å². The largest absolute Gasteiger partial charge is 0.352 e. The minimum atomic E-state index is -0.324. The summed E-state index contributed by atoms with van der Waals surface area (Å²) in [6, 6.07) is 1.67. The Morgan fingerprint density at radius 3 is 2.72 bits per heavy atom. The Balaban J connectivity index is 1.97. The number of nitrogens with zero attached hydrogens (tertiary/aromatic N) is 2. The van der Waals surface area contributed by atoms with E-state index in [0.717, 1.165) is 38.5 Å². The third kappa shape index (κ3) is 5.69. The van der Waals surface area contributed by atoms with E-state index in [1.807, 2.05) is 13.8 Å². The Bertz CT molecular complexity index is 605. The van der Waals surface area contributed by atoms with E-state index in [4.69, 9.17) is 0 Å². The van der Waals surface area contributed by atoms with Gasteiger partial charge in [-0.2, -0.15) is 5.10 Å². The van der Waals surface area contributed by atoms with Gasteiger partial charge in [0.15, 0.2) is 12.0 Å². The number of aromatic nitrogens is 2. The number of rotatable bonds is 8. The van der Waals surface area contributed by atoms with Gasteiger partial charge in [0.05, 0.1) is 0 Å². The van der Waals surface area contributed by atoms with E-state index in [2.05, 4.69) is 15.7 Å². The fraction of sp³-hybridized carbons (Fsp3) is 0.667. The van der Waals surface area contributed by atoms with Crippen molar-refractivity contribution in [3.8, 4) is 0 Å². The molecule has 0 aliphatic heterocycles. The van der Waals surface area contributed by atoms with E-state index in [1.165, 1.54) is 17.2 Å². The molecule has 0 spiro atoms. The van der Waals surface area contributed by atoms with Crippen LogP contribution >= 0.6 is 0 Å². The predicted octanol–water partition coefficient (Wildman–Crippen LogP) is 2.06. The van der Waals surface area contributed by atoms with Crippen LogP contribution in [0.25, 0.3) is 0 Å². The summed E-state index contributed by atoms with van der Waals surface area (Å²) >= 11 is 0. The second kappa shape index (κ2) is 9.34. The molecule has 0 aromatic carbocycles. The van der Waals surface area contributed by atoms with Gasteiger partial charge in [0.1, 0.15) is 12.2 Å². The number of amides is 2. The Morgan fingerprint density at radius 2 is 2.08 bits per heavy atom. The molecule has 2 amide bonds. The Kier molecular flexibility index (Phi) is 7.16. The molecule has 0 bridgehead atoms. The molecule has 1 aromatic heterocycles. The molecular weight excluding hydrogens is 320 g/mol. The zero-order chi connectivity index (χ0) is 18.2. The van der Waals surface area contributed by atoms with Gasteiger partial charge in [0.2, 0.25) is 5.91 Å². The average Bonchev–Trinajstić information content (AvgIpc) is 2.98. The highest BCUT2D eigenvalue weighted by atomic mass is 16.2. The molecule has 1 aromatic rings. The van der Waals surface area contributed by atoms with Crippen molar-refractivity contribution in [1.82, 2.24) is 20.4 Å². The summed E-state index contributed by atoms with van der Waals surface area (Å²) in [6.07, 6.45) is 7.93. The maximum atomic E-state index is 12.2. The first-order valence-corrected chi connectivity index (χ1v) is 9.16. The fourth-order valence-electron chi connectivity index (χ4n) is 3.22. The molecule has 1 aliphatic rings. The Labute approximate surface area is 148 Å². The minimum Gasteiger partial charge on any atom is -0.352 e. The molecule has 1 fully saturated rings. The molecule has 1 saturated carbocycles. The molecular formula is C18H28N4O3. The standard InChI is InChI=1S/C18H28N4O3/c1-3-7-13(2)19-18(25)16-10-15(12-23)22(21-16)11-17(24)20-14-8-5-4-6-9-14/h10,12-14H,3-9,11H2,1-2H3,(H,19,25)(H,20,24). The lowest BCUT2D eigenvalue weighted by Gasteiger charge is -2.22. The van der Waals surface area contributed by atoms with Gasteiger partial charge in [-0.25, -0.2) is 0 Å². The highest BCUT2D eigenvalue weighted by molar-refractivity contribution is 5.94. The van der Waals surface area contributed by atoms with Gasteiger partial charge in [0.25, 0.3) is 5.91 Å². The number of carbonyl (C=O) groups excluding carboxylic acids is 3. The lowest BCUT2D eigenvalue weighted by Crippen LogP contribution is -2.38. The lowest BCUT2D eigenvalue weighted by atomic mass is 9.95. The third-order valence-corrected chi connectivity index (χ3v) is 4.53. The molecule has 0 radical (unpaired) electrons. The summed E-state index contributed by atoms with van der Waals surface area (Å²) in [5.74, 6) is -0.500. The van der Waals surface area contributed by atoms with E-state index in [0.29, 0.717) is 6.29 Å². The third-order valence-electron chi connectivity index (χ3n) is 4.53. The van der Waals surface area contributed by atoms with Gasteiger partial charge in [-0.15, -0.1) is 0 Å². The number of hydrogen-bond acceptors (Lipinski definition) is 4. The maximum absolute atomic E-state index is 12.2. The number of carbonyl (C=O) groups is 3. The van der Waals surface area contributed by atoms with Crippen LogP contribution in [0.1, 0.15) is 79.8 Å². The van der Waals surface area contributed by atoms with Crippen molar-refractivity contribution in [3.05, 3.63) is 17.5 Å². The zero-order valence-corrected chi connectivity index (χ0v) is 15.1. The Morgan fingerprint density at radius 1 is 1.36 bits per heavy atom.